The molecule has 0 saturated carbocycles. The van der Waals surface area contributed by atoms with Crippen molar-refractivity contribution in [3.05, 3.63) is 52.6 Å². The molecule has 6 nitrogen and oxygen atoms in total. The lowest BCUT2D eigenvalue weighted by Gasteiger charge is -2.13. The van der Waals surface area contributed by atoms with Crippen LogP contribution in [-0.4, -0.2) is 34.3 Å². The van der Waals surface area contributed by atoms with Crippen LogP contribution in [-0.2, 0) is 11.3 Å². The van der Waals surface area contributed by atoms with E-state index in [1.165, 1.54) is 22.9 Å². The van der Waals surface area contributed by atoms with E-state index in [-0.39, 0.29) is 11.1 Å². The van der Waals surface area contributed by atoms with Crippen LogP contribution in [0, 0.1) is 0 Å². The van der Waals surface area contributed by atoms with Crippen LogP contribution >= 0.6 is 0 Å². The van der Waals surface area contributed by atoms with Gasteiger partial charge in [0.1, 0.15) is 0 Å². The molecule has 0 bridgehead atoms. The second kappa shape index (κ2) is 5.57. The second-order valence-corrected chi connectivity index (χ2v) is 4.91. The molecule has 0 saturated heterocycles. The van der Waals surface area contributed by atoms with Crippen LogP contribution in [0.5, 0.6) is 0 Å². The number of carboxylic acid groups (broad SMARTS) is 1. The Morgan fingerprint density at radius 1 is 1.27 bits per heavy atom. The van der Waals surface area contributed by atoms with E-state index in [1.807, 2.05) is 0 Å². The van der Waals surface area contributed by atoms with Crippen molar-refractivity contribution in [3.8, 4) is 0 Å². The number of pyridine rings is 2. The summed E-state index contributed by atoms with van der Waals surface area (Å²) in [5.41, 5.74) is 0.530. The zero-order chi connectivity index (χ0) is 15.7. The molecule has 0 aliphatic carbocycles. The number of rotatable bonds is 4. The minimum Gasteiger partial charge on any atom is -0.478 e. The number of carboxylic acids is 1. The van der Waals surface area contributed by atoms with Crippen LogP contribution in [0.15, 0.2) is 41.5 Å². The predicted octanol–water partition coefficient (Wildman–Crippen LogP) is 1.89. The monoisotopic (exact) mass is 298 g/mol. The van der Waals surface area contributed by atoms with Crippen LogP contribution < -0.4 is 5.56 Å². The summed E-state index contributed by atoms with van der Waals surface area (Å²) in [5, 5.41) is 11.3. The van der Waals surface area contributed by atoms with E-state index in [0.717, 1.165) is 10.8 Å². The number of hydrogen-bond acceptors (Lipinski definition) is 4. The maximum Gasteiger partial charge on any atom is 0.335 e. The van der Waals surface area contributed by atoms with Gasteiger partial charge in [0.25, 0.3) is 5.56 Å². The summed E-state index contributed by atoms with van der Waals surface area (Å²) >= 11 is 0. The number of aromatic carboxylic acids is 1. The van der Waals surface area contributed by atoms with Crippen LogP contribution in [0.3, 0.4) is 0 Å². The van der Waals surface area contributed by atoms with E-state index in [9.17, 15) is 14.7 Å². The van der Waals surface area contributed by atoms with Gasteiger partial charge in [0.2, 0.25) is 0 Å². The molecule has 0 fully saturated rings. The lowest BCUT2D eigenvalue weighted by Crippen LogP contribution is -2.23. The lowest BCUT2D eigenvalue weighted by molar-refractivity contribution is 0.0697. The van der Waals surface area contributed by atoms with Crippen molar-refractivity contribution in [1.82, 2.24) is 9.55 Å². The summed E-state index contributed by atoms with van der Waals surface area (Å²) in [6.45, 7) is 0.706. The van der Waals surface area contributed by atoms with E-state index in [1.54, 1.807) is 25.4 Å². The van der Waals surface area contributed by atoms with E-state index >= 15 is 0 Å². The van der Waals surface area contributed by atoms with Crippen molar-refractivity contribution in [2.45, 2.75) is 6.54 Å². The number of carbonyl (C=O) groups is 1. The topological polar surface area (TPSA) is 81.4 Å². The molecule has 112 valence electrons. The first-order chi connectivity index (χ1) is 10.6. The normalized spacial score (nSPS) is 11.1. The highest BCUT2D eigenvalue weighted by Gasteiger charge is 2.13. The van der Waals surface area contributed by atoms with Gasteiger partial charge in [-0.25, -0.2) is 4.79 Å². The zero-order valence-electron chi connectivity index (χ0n) is 11.9. The van der Waals surface area contributed by atoms with Gasteiger partial charge in [-0.3, -0.25) is 9.78 Å². The summed E-state index contributed by atoms with van der Waals surface area (Å²) in [6.07, 6.45) is 3.15. The molecule has 0 amide bonds. The van der Waals surface area contributed by atoms with Crippen molar-refractivity contribution >= 4 is 27.6 Å². The Morgan fingerprint density at radius 3 is 2.82 bits per heavy atom. The fraction of sp³-hybridized carbons (Fsp3) is 0.188. The molecule has 0 spiro atoms. The zero-order valence-corrected chi connectivity index (χ0v) is 11.9. The Morgan fingerprint density at radius 2 is 2.09 bits per heavy atom. The Kier molecular flexibility index (Phi) is 3.60. The number of nitrogens with zero attached hydrogens (tertiary/aromatic N) is 2. The molecular formula is C16H14N2O4. The number of fused-ring (bicyclic) bond motifs is 3. The first kappa shape index (κ1) is 14.2. The largest absolute Gasteiger partial charge is 0.478 e. The highest BCUT2D eigenvalue weighted by Crippen LogP contribution is 2.23. The molecule has 0 atom stereocenters. The van der Waals surface area contributed by atoms with Gasteiger partial charge in [-0.15, -0.1) is 0 Å². The Labute approximate surface area is 125 Å². The maximum absolute atomic E-state index is 12.6. The number of benzene rings is 1. The molecule has 6 heteroatoms. The average Bonchev–Trinajstić information content (AvgIpc) is 2.54. The van der Waals surface area contributed by atoms with Crippen LogP contribution in [0.1, 0.15) is 10.4 Å². The molecule has 0 aliphatic heterocycles. The molecule has 2 aromatic heterocycles. The van der Waals surface area contributed by atoms with Crippen molar-refractivity contribution in [3.63, 3.8) is 0 Å². The SMILES string of the molecule is COCCn1c(=O)c2cnccc2c2ccc(C(=O)O)cc21. The molecule has 0 radical (unpaired) electrons. The van der Waals surface area contributed by atoms with E-state index in [0.29, 0.717) is 24.1 Å². The second-order valence-electron chi connectivity index (χ2n) is 4.91. The van der Waals surface area contributed by atoms with Crippen molar-refractivity contribution in [2.75, 3.05) is 13.7 Å². The minimum absolute atomic E-state index is 0.145. The Bertz CT molecular complexity index is 930. The third-order valence-electron chi connectivity index (χ3n) is 3.64. The molecule has 1 aromatic carbocycles. The molecule has 3 rings (SSSR count). The molecule has 1 N–H and O–H groups in total. The van der Waals surface area contributed by atoms with Crippen molar-refractivity contribution < 1.29 is 14.6 Å². The molecule has 0 unspecified atom stereocenters. The highest BCUT2D eigenvalue weighted by atomic mass is 16.5. The van der Waals surface area contributed by atoms with Gasteiger partial charge in [-0.2, -0.15) is 0 Å². The summed E-state index contributed by atoms with van der Waals surface area (Å²) < 4.78 is 6.58. The van der Waals surface area contributed by atoms with Crippen LogP contribution in [0.4, 0.5) is 0 Å². The first-order valence-corrected chi connectivity index (χ1v) is 6.76. The standard InChI is InChI=1S/C16H14N2O4/c1-22-7-6-18-14-8-10(16(20)21)2-3-12(14)11-4-5-17-9-13(11)15(18)19/h2-5,8-9H,6-7H2,1H3,(H,20,21). The molecular weight excluding hydrogens is 284 g/mol. The van der Waals surface area contributed by atoms with E-state index in [4.69, 9.17) is 4.74 Å². The number of methoxy groups -OCH3 is 1. The third-order valence-corrected chi connectivity index (χ3v) is 3.64. The Hall–Kier alpha value is -2.73. The predicted molar refractivity (Wildman–Crippen MR) is 82.3 cm³/mol. The summed E-state index contributed by atoms with van der Waals surface area (Å²) in [5.74, 6) is -1.03. The van der Waals surface area contributed by atoms with E-state index < -0.39 is 5.97 Å². The molecule has 3 aromatic rings. The van der Waals surface area contributed by atoms with Gasteiger partial charge < -0.3 is 14.4 Å². The lowest BCUT2D eigenvalue weighted by atomic mass is 10.1. The summed E-state index contributed by atoms with van der Waals surface area (Å²) in [6, 6.07) is 6.55. The fourth-order valence-electron chi connectivity index (χ4n) is 2.57. The average molecular weight is 298 g/mol. The smallest absolute Gasteiger partial charge is 0.335 e. The quantitative estimate of drug-likeness (QED) is 0.744. The van der Waals surface area contributed by atoms with E-state index in [2.05, 4.69) is 4.98 Å². The minimum atomic E-state index is -1.03. The van der Waals surface area contributed by atoms with Gasteiger partial charge in [-0.05, 0) is 23.6 Å². The van der Waals surface area contributed by atoms with Gasteiger partial charge in [0.05, 0.1) is 23.1 Å². The first-order valence-electron chi connectivity index (χ1n) is 6.76. The highest BCUT2D eigenvalue weighted by molar-refractivity contribution is 6.07. The van der Waals surface area contributed by atoms with Crippen molar-refractivity contribution in [1.29, 1.82) is 0 Å². The third kappa shape index (κ3) is 2.23. The van der Waals surface area contributed by atoms with Gasteiger partial charge in [0.15, 0.2) is 0 Å². The number of aromatic nitrogens is 2. The summed E-state index contributed by atoms with van der Waals surface area (Å²) in [4.78, 5) is 27.9. The van der Waals surface area contributed by atoms with Crippen LogP contribution in [0.2, 0.25) is 0 Å². The molecule has 22 heavy (non-hydrogen) atoms. The van der Waals surface area contributed by atoms with Gasteiger partial charge in [0, 0.05) is 31.4 Å². The van der Waals surface area contributed by atoms with Gasteiger partial charge in [-0.1, -0.05) is 6.07 Å². The number of hydrogen-bond donors (Lipinski definition) is 1. The van der Waals surface area contributed by atoms with Crippen molar-refractivity contribution in [2.24, 2.45) is 0 Å². The number of ether oxygens (including phenoxy) is 1. The fourth-order valence-corrected chi connectivity index (χ4v) is 2.57. The maximum atomic E-state index is 12.6. The molecule has 2 heterocycles. The Balaban J connectivity index is 2.44. The summed E-state index contributed by atoms with van der Waals surface area (Å²) in [7, 11) is 1.55. The molecule has 0 aliphatic rings. The van der Waals surface area contributed by atoms with Crippen LogP contribution in [0.25, 0.3) is 21.7 Å². The van der Waals surface area contributed by atoms with Gasteiger partial charge >= 0.3 is 5.97 Å².